The quantitative estimate of drug-likeness (QED) is 0.315. The molecular weight excluding hydrogens is 454 g/mol. The molecule has 0 fully saturated rings. The zero-order valence-corrected chi connectivity index (χ0v) is 17.6. The number of fused-ring (bicyclic) bond motifs is 1. The van der Waals surface area contributed by atoms with E-state index in [1.807, 2.05) is 0 Å². The van der Waals surface area contributed by atoms with E-state index in [0.29, 0.717) is 48.5 Å². The first-order valence-electron chi connectivity index (χ1n) is 9.75. The minimum Gasteiger partial charge on any atom is -0.494 e. The van der Waals surface area contributed by atoms with Gasteiger partial charge in [-0.05, 0) is 43.3 Å². The lowest BCUT2D eigenvalue weighted by Gasteiger charge is -2.16. The molecule has 2 N–H and O–H groups in total. The molecule has 1 heterocycles. The van der Waals surface area contributed by atoms with Crippen LogP contribution >= 0.6 is 0 Å². The first-order chi connectivity index (χ1) is 15.5. The Kier molecular flexibility index (Phi) is 7.15. The van der Waals surface area contributed by atoms with Gasteiger partial charge >= 0.3 is 12.4 Å². The number of aromatic nitrogens is 2. The van der Waals surface area contributed by atoms with Crippen molar-refractivity contribution in [3.8, 4) is 5.75 Å². The molecule has 0 radical (unpaired) electrons. The highest BCUT2D eigenvalue weighted by Gasteiger charge is 2.37. The summed E-state index contributed by atoms with van der Waals surface area (Å²) in [4.78, 5) is 8.58. The summed E-state index contributed by atoms with van der Waals surface area (Å²) in [5, 5.41) is 5.84. The van der Waals surface area contributed by atoms with Gasteiger partial charge in [0, 0.05) is 24.7 Å². The molecule has 0 aliphatic rings. The van der Waals surface area contributed by atoms with E-state index in [1.165, 1.54) is 7.11 Å². The van der Waals surface area contributed by atoms with Crippen LogP contribution in [-0.2, 0) is 17.1 Å². The van der Waals surface area contributed by atoms with Crippen molar-refractivity contribution in [2.24, 2.45) is 0 Å². The monoisotopic (exact) mass is 474 g/mol. The Balaban J connectivity index is 2.11. The van der Waals surface area contributed by atoms with Crippen LogP contribution in [0.2, 0.25) is 0 Å². The smallest absolute Gasteiger partial charge is 0.416 e. The summed E-state index contributed by atoms with van der Waals surface area (Å²) < 4.78 is 89.9. The van der Waals surface area contributed by atoms with Crippen LogP contribution in [0, 0.1) is 0 Å². The number of benzene rings is 2. The second-order valence-electron chi connectivity index (χ2n) is 6.85. The van der Waals surface area contributed by atoms with Crippen molar-refractivity contribution in [3.05, 3.63) is 47.5 Å². The summed E-state index contributed by atoms with van der Waals surface area (Å²) in [7, 11) is 1.50. The van der Waals surface area contributed by atoms with Gasteiger partial charge in [0.2, 0.25) is 5.95 Å². The molecule has 0 atom stereocenters. The van der Waals surface area contributed by atoms with Gasteiger partial charge in [-0.1, -0.05) is 0 Å². The van der Waals surface area contributed by atoms with Gasteiger partial charge in [-0.25, -0.2) is 4.98 Å². The third-order valence-electron chi connectivity index (χ3n) is 4.42. The van der Waals surface area contributed by atoms with Gasteiger partial charge in [-0.15, -0.1) is 0 Å². The normalized spacial score (nSPS) is 12.1. The van der Waals surface area contributed by atoms with Crippen molar-refractivity contribution in [2.45, 2.75) is 19.3 Å². The highest BCUT2D eigenvalue weighted by Crippen LogP contribution is 2.38. The predicted octanol–water partition coefficient (Wildman–Crippen LogP) is 5.87. The number of anilines is 3. The summed E-state index contributed by atoms with van der Waals surface area (Å²) >= 11 is 0. The van der Waals surface area contributed by atoms with Crippen molar-refractivity contribution in [3.63, 3.8) is 0 Å². The Morgan fingerprint density at radius 3 is 2.15 bits per heavy atom. The van der Waals surface area contributed by atoms with Crippen LogP contribution in [0.3, 0.4) is 0 Å². The lowest BCUT2D eigenvalue weighted by atomic mass is 10.1. The fourth-order valence-electron chi connectivity index (χ4n) is 2.97. The van der Waals surface area contributed by atoms with Crippen molar-refractivity contribution < 1.29 is 35.8 Å². The molecule has 6 nitrogen and oxygen atoms in total. The van der Waals surface area contributed by atoms with Crippen molar-refractivity contribution >= 4 is 28.4 Å². The Hall–Kier alpha value is -3.28. The van der Waals surface area contributed by atoms with E-state index < -0.39 is 29.2 Å². The van der Waals surface area contributed by atoms with Crippen LogP contribution in [-0.4, -0.2) is 36.8 Å². The molecule has 0 spiro atoms. The van der Waals surface area contributed by atoms with Gasteiger partial charge in [-0.2, -0.15) is 31.3 Å². The van der Waals surface area contributed by atoms with Crippen molar-refractivity contribution in [1.82, 2.24) is 9.97 Å². The maximum Gasteiger partial charge on any atom is 0.416 e. The van der Waals surface area contributed by atoms with Gasteiger partial charge in [0.1, 0.15) is 11.6 Å². The summed E-state index contributed by atoms with van der Waals surface area (Å²) in [6.45, 7) is 2.79. The highest BCUT2D eigenvalue weighted by atomic mass is 19.4. The number of methoxy groups -OCH3 is 1. The van der Waals surface area contributed by atoms with Crippen LogP contribution in [0.15, 0.2) is 36.4 Å². The van der Waals surface area contributed by atoms with Crippen molar-refractivity contribution in [1.29, 1.82) is 0 Å². The van der Waals surface area contributed by atoms with Gasteiger partial charge in [0.15, 0.2) is 0 Å². The zero-order chi connectivity index (χ0) is 24.2. The first-order valence-corrected chi connectivity index (χ1v) is 9.75. The summed E-state index contributed by atoms with van der Waals surface area (Å²) in [6, 6.07) is 6.06. The molecule has 1 aromatic heterocycles. The number of ether oxygens (including phenoxy) is 2. The van der Waals surface area contributed by atoms with E-state index in [9.17, 15) is 26.3 Å². The van der Waals surface area contributed by atoms with Crippen LogP contribution in [0.25, 0.3) is 10.9 Å². The number of hydrogen-bond acceptors (Lipinski definition) is 6. The predicted molar refractivity (Wildman–Crippen MR) is 111 cm³/mol. The molecule has 12 heteroatoms. The maximum absolute atomic E-state index is 13.2. The van der Waals surface area contributed by atoms with E-state index in [0.717, 1.165) is 0 Å². The molecule has 0 saturated carbocycles. The Bertz CT molecular complexity index is 1090. The molecule has 0 amide bonds. The van der Waals surface area contributed by atoms with E-state index in [2.05, 4.69) is 20.6 Å². The molecule has 0 aliphatic carbocycles. The molecule has 0 saturated heterocycles. The molecular formula is C21H20F6N4O2. The number of alkyl halides is 6. The summed E-state index contributed by atoms with van der Waals surface area (Å²) in [6.07, 6.45) is -9.94. The molecule has 0 aliphatic heterocycles. The van der Waals surface area contributed by atoms with Crippen LogP contribution < -0.4 is 15.4 Å². The number of halogens is 6. The second-order valence-corrected chi connectivity index (χ2v) is 6.85. The molecule has 3 rings (SSSR count). The van der Waals surface area contributed by atoms with E-state index in [-0.39, 0.29) is 17.8 Å². The lowest BCUT2D eigenvalue weighted by molar-refractivity contribution is -0.143. The van der Waals surface area contributed by atoms with Gasteiger partial charge in [-0.3, -0.25) is 0 Å². The zero-order valence-electron chi connectivity index (χ0n) is 17.6. The number of nitrogens with zero attached hydrogens (tertiary/aromatic N) is 2. The van der Waals surface area contributed by atoms with Crippen LogP contribution in [0.1, 0.15) is 18.1 Å². The van der Waals surface area contributed by atoms with Crippen LogP contribution in [0.5, 0.6) is 5.75 Å². The second kappa shape index (κ2) is 9.69. The molecule has 0 bridgehead atoms. The maximum atomic E-state index is 13.2. The molecule has 178 valence electrons. The Morgan fingerprint density at radius 1 is 0.909 bits per heavy atom. The molecule has 2 aromatic carbocycles. The van der Waals surface area contributed by atoms with Gasteiger partial charge in [0.25, 0.3) is 0 Å². The Morgan fingerprint density at radius 2 is 1.58 bits per heavy atom. The van der Waals surface area contributed by atoms with Crippen LogP contribution in [0.4, 0.5) is 43.8 Å². The number of nitrogens with one attached hydrogen (secondary N) is 2. The number of rotatable bonds is 8. The summed E-state index contributed by atoms with van der Waals surface area (Å²) in [5.41, 5.74) is -2.90. The van der Waals surface area contributed by atoms with E-state index >= 15 is 0 Å². The largest absolute Gasteiger partial charge is 0.494 e. The third kappa shape index (κ3) is 6.15. The SMILES string of the molecule is CCOc1ccc2nc(NCCOC)nc(Nc3cc(C(F)(F)F)cc(C(F)(F)F)c3)c2c1. The topological polar surface area (TPSA) is 68.3 Å². The molecule has 0 unspecified atom stereocenters. The fraction of sp³-hybridized carbons (Fsp3) is 0.333. The summed E-state index contributed by atoms with van der Waals surface area (Å²) in [5.74, 6) is 0.569. The third-order valence-corrected chi connectivity index (χ3v) is 4.42. The van der Waals surface area contributed by atoms with E-state index in [4.69, 9.17) is 9.47 Å². The minimum absolute atomic E-state index is 0.00826. The van der Waals surface area contributed by atoms with Crippen molar-refractivity contribution in [2.75, 3.05) is 37.5 Å². The first kappa shape index (κ1) is 24.4. The highest BCUT2D eigenvalue weighted by molar-refractivity contribution is 5.92. The molecule has 3 aromatic rings. The van der Waals surface area contributed by atoms with Gasteiger partial charge < -0.3 is 20.1 Å². The van der Waals surface area contributed by atoms with E-state index in [1.54, 1.807) is 25.1 Å². The average molecular weight is 474 g/mol. The fourth-order valence-corrected chi connectivity index (χ4v) is 2.97. The average Bonchev–Trinajstić information content (AvgIpc) is 2.73. The Labute approximate surface area is 184 Å². The standard InChI is InChI=1S/C21H20F6N4O2/c1-3-33-15-4-5-17-16(11-15)18(31-19(30-17)28-6-7-32-2)29-14-9-12(20(22,23)24)8-13(10-14)21(25,26)27/h4-5,8-11H,3,6-7H2,1-2H3,(H2,28,29,30,31). The molecule has 33 heavy (non-hydrogen) atoms. The number of hydrogen-bond donors (Lipinski definition) is 2. The lowest BCUT2D eigenvalue weighted by Crippen LogP contribution is -2.13. The van der Waals surface area contributed by atoms with Gasteiger partial charge in [0.05, 0.1) is 29.9 Å². The minimum atomic E-state index is -4.97.